The van der Waals surface area contributed by atoms with Gasteiger partial charge in [0.1, 0.15) is 0 Å². The number of hydrogen-bond acceptors (Lipinski definition) is 5. The Labute approximate surface area is 165 Å². The van der Waals surface area contributed by atoms with Gasteiger partial charge in [-0.05, 0) is 24.1 Å². The van der Waals surface area contributed by atoms with Crippen molar-refractivity contribution in [2.24, 2.45) is 4.99 Å². The lowest BCUT2D eigenvalue weighted by Gasteiger charge is -2.24. The summed E-state index contributed by atoms with van der Waals surface area (Å²) in [6.07, 6.45) is 1.85. The average Bonchev–Trinajstić information content (AvgIpc) is 3.02. The quantitative estimate of drug-likeness (QED) is 0.646. The second kappa shape index (κ2) is 7.40. The van der Waals surface area contributed by atoms with Gasteiger partial charge < -0.3 is 4.74 Å². The molecule has 0 saturated heterocycles. The molecule has 0 spiro atoms. The number of nitrogens with zero attached hydrogens (tertiary/aromatic N) is 2. The second-order valence-electron chi connectivity index (χ2n) is 6.39. The number of allylic oxidation sites excluding steroid dienone is 1. The van der Waals surface area contributed by atoms with Gasteiger partial charge in [0.15, 0.2) is 4.80 Å². The van der Waals surface area contributed by atoms with Gasteiger partial charge in [-0.25, -0.2) is 9.79 Å². The first-order valence-electron chi connectivity index (χ1n) is 8.81. The van der Waals surface area contributed by atoms with Crippen molar-refractivity contribution in [3.8, 4) is 0 Å². The lowest BCUT2D eigenvalue weighted by atomic mass is 9.96. The van der Waals surface area contributed by atoms with Crippen molar-refractivity contribution in [3.05, 3.63) is 103 Å². The molecule has 1 aromatic heterocycles. The number of hydrogen-bond donors (Lipinski definition) is 0. The summed E-state index contributed by atoms with van der Waals surface area (Å²) in [5.41, 5.74) is 2.55. The molecule has 1 aliphatic rings. The van der Waals surface area contributed by atoms with Crippen molar-refractivity contribution < 1.29 is 9.53 Å². The third-order valence-corrected chi connectivity index (χ3v) is 5.62. The Bertz CT molecular complexity index is 1240. The third-order valence-electron chi connectivity index (χ3n) is 4.64. The van der Waals surface area contributed by atoms with Crippen LogP contribution in [-0.2, 0) is 9.53 Å². The number of rotatable bonds is 3. The molecule has 1 aliphatic heterocycles. The van der Waals surface area contributed by atoms with Crippen LogP contribution in [0, 0.1) is 0 Å². The maximum Gasteiger partial charge on any atom is 0.338 e. The highest BCUT2D eigenvalue weighted by Crippen LogP contribution is 2.30. The summed E-state index contributed by atoms with van der Waals surface area (Å²) in [5.74, 6) is -0.479. The van der Waals surface area contributed by atoms with E-state index in [9.17, 15) is 9.59 Å². The molecule has 6 heteroatoms. The summed E-state index contributed by atoms with van der Waals surface area (Å²) >= 11 is 1.32. The van der Waals surface area contributed by atoms with Gasteiger partial charge in [0, 0.05) is 0 Å². The molecule has 0 radical (unpaired) electrons. The van der Waals surface area contributed by atoms with Crippen molar-refractivity contribution >= 4 is 23.4 Å². The molecule has 0 amide bonds. The van der Waals surface area contributed by atoms with Crippen LogP contribution in [0.5, 0.6) is 0 Å². The van der Waals surface area contributed by atoms with Gasteiger partial charge in [-0.3, -0.25) is 9.36 Å². The predicted molar refractivity (Wildman–Crippen MR) is 109 cm³/mol. The predicted octanol–water partition coefficient (Wildman–Crippen LogP) is 2.41. The number of carbonyl (C=O) groups is 1. The zero-order valence-corrected chi connectivity index (χ0v) is 16.3. The van der Waals surface area contributed by atoms with Crippen LogP contribution in [0.2, 0.25) is 0 Å². The van der Waals surface area contributed by atoms with E-state index in [1.807, 2.05) is 66.7 Å². The molecular weight excluding hydrogens is 372 g/mol. The van der Waals surface area contributed by atoms with Crippen LogP contribution in [0.25, 0.3) is 6.08 Å². The molecule has 0 N–H and O–H groups in total. The van der Waals surface area contributed by atoms with E-state index in [0.717, 1.165) is 11.1 Å². The molecule has 0 aliphatic carbocycles. The van der Waals surface area contributed by atoms with Crippen molar-refractivity contribution in [3.63, 3.8) is 0 Å². The zero-order chi connectivity index (χ0) is 19.7. The van der Waals surface area contributed by atoms with E-state index in [4.69, 9.17) is 4.74 Å². The van der Waals surface area contributed by atoms with Gasteiger partial charge in [-0.2, -0.15) is 0 Å². The Hall–Kier alpha value is -3.25. The lowest BCUT2D eigenvalue weighted by molar-refractivity contribution is -0.136. The fourth-order valence-electron chi connectivity index (χ4n) is 3.34. The van der Waals surface area contributed by atoms with E-state index in [0.29, 0.717) is 20.6 Å². The molecule has 2 aromatic carbocycles. The number of ether oxygens (including phenoxy) is 1. The molecular formula is C22H18N2O3S. The number of aromatic nitrogens is 1. The van der Waals surface area contributed by atoms with Crippen molar-refractivity contribution in [1.82, 2.24) is 4.57 Å². The van der Waals surface area contributed by atoms with Gasteiger partial charge in [0.05, 0.1) is 29.0 Å². The first-order valence-corrected chi connectivity index (χ1v) is 9.62. The van der Waals surface area contributed by atoms with E-state index in [1.54, 1.807) is 11.5 Å². The van der Waals surface area contributed by atoms with Crippen LogP contribution in [0.4, 0.5) is 0 Å². The molecule has 5 nitrogen and oxygen atoms in total. The Morgan fingerprint density at radius 3 is 2.39 bits per heavy atom. The minimum atomic E-state index is -0.567. The van der Waals surface area contributed by atoms with Crippen LogP contribution in [0.15, 0.2) is 81.7 Å². The normalized spacial score (nSPS) is 16.5. The number of benzene rings is 2. The maximum absolute atomic E-state index is 13.3. The van der Waals surface area contributed by atoms with Crippen LogP contribution in [0.1, 0.15) is 24.1 Å². The summed E-state index contributed by atoms with van der Waals surface area (Å²) in [7, 11) is 1.34. The van der Waals surface area contributed by atoms with Crippen LogP contribution in [0.3, 0.4) is 0 Å². The van der Waals surface area contributed by atoms with Crippen LogP contribution < -0.4 is 14.9 Å². The molecule has 0 bridgehead atoms. The molecule has 1 atom stereocenters. The van der Waals surface area contributed by atoms with E-state index in [2.05, 4.69) is 4.99 Å². The highest BCUT2D eigenvalue weighted by Gasteiger charge is 2.32. The third kappa shape index (κ3) is 3.12. The first kappa shape index (κ1) is 18.1. The Morgan fingerprint density at radius 2 is 1.75 bits per heavy atom. The van der Waals surface area contributed by atoms with Gasteiger partial charge in [0.25, 0.3) is 5.56 Å². The van der Waals surface area contributed by atoms with Crippen LogP contribution in [-0.4, -0.2) is 17.6 Å². The van der Waals surface area contributed by atoms with Gasteiger partial charge in [0.2, 0.25) is 0 Å². The monoisotopic (exact) mass is 390 g/mol. The number of methoxy groups -OCH3 is 1. The molecule has 4 rings (SSSR count). The average molecular weight is 390 g/mol. The summed E-state index contributed by atoms with van der Waals surface area (Å²) < 4.78 is 7.16. The SMILES string of the molecule is COC(=O)C1=C(C)N=c2s/c(=C\c3ccccc3)c(=O)n2C1c1ccccc1. The zero-order valence-electron chi connectivity index (χ0n) is 15.5. The summed E-state index contributed by atoms with van der Waals surface area (Å²) in [6.45, 7) is 1.77. The van der Waals surface area contributed by atoms with Crippen molar-refractivity contribution in [2.45, 2.75) is 13.0 Å². The highest BCUT2D eigenvalue weighted by atomic mass is 32.1. The smallest absolute Gasteiger partial charge is 0.338 e. The van der Waals surface area contributed by atoms with E-state index < -0.39 is 12.0 Å². The van der Waals surface area contributed by atoms with E-state index in [1.165, 1.54) is 18.4 Å². The minimum Gasteiger partial charge on any atom is -0.466 e. The molecule has 0 saturated carbocycles. The van der Waals surface area contributed by atoms with Gasteiger partial charge in [-0.1, -0.05) is 72.0 Å². The molecule has 140 valence electrons. The van der Waals surface area contributed by atoms with Crippen molar-refractivity contribution in [1.29, 1.82) is 0 Å². The minimum absolute atomic E-state index is 0.171. The first-order chi connectivity index (χ1) is 13.6. The Morgan fingerprint density at radius 1 is 1.11 bits per heavy atom. The Balaban J connectivity index is 1.99. The van der Waals surface area contributed by atoms with E-state index in [-0.39, 0.29) is 5.56 Å². The number of esters is 1. The highest BCUT2D eigenvalue weighted by molar-refractivity contribution is 7.07. The molecule has 3 aromatic rings. The molecule has 1 unspecified atom stereocenters. The summed E-state index contributed by atoms with van der Waals surface area (Å²) in [4.78, 5) is 30.9. The molecule has 2 heterocycles. The molecule has 28 heavy (non-hydrogen) atoms. The number of carbonyl (C=O) groups excluding carboxylic acids is 1. The molecule has 0 fully saturated rings. The number of fused-ring (bicyclic) bond motifs is 1. The summed E-state index contributed by atoms with van der Waals surface area (Å²) in [6, 6.07) is 18.6. The van der Waals surface area contributed by atoms with E-state index >= 15 is 0 Å². The summed E-state index contributed by atoms with van der Waals surface area (Å²) in [5, 5.41) is 0. The fourth-order valence-corrected chi connectivity index (χ4v) is 4.39. The van der Waals surface area contributed by atoms with Gasteiger partial charge in [-0.15, -0.1) is 0 Å². The van der Waals surface area contributed by atoms with Gasteiger partial charge >= 0.3 is 5.97 Å². The lowest BCUT2D eigenvalue weighted by Crippen LogP contribution is -2.39. The Kier molecular flexibility index (Phi) is 4.79. The largest absolute Gasteiger partial charge is 0.466 e. The fraction of sp³-hybridized carbons (Fsp3) is 0.136. The maximum atomic E-state index is 13.3. The van der Waals surface area contributed by atoms with Crippen LogP contribution >= 0.6 is 11.3 Å². The van der Waals surface area contributed by atoms with Crippen molar-refractivity contribution in [2.75, 3.05) is 7.11 Å². The standard InChI is InChI=1S/C22H18N2O3S/c1-14-18(21(26)27-2)19(16-11-7-4-8-12-16)24-20(25)17(28-22(24)23-14)13-15-9-5-3-6-10-15/h3-13,19H,1-2H3/b17-13-. The second-order valence-corrected chi connectivity index (χ2v) is 7.40. The number of thiazole rings is 1. The topological polar surface area (TPSA) is 60.7 Å².